The minimum Gasteiger partial charge on any atom is -0.359 e. The average Bonchev–Trinajstić information content (AvgIpc) is 2.18. The van der Waals surface area contributed by atoms with Crippen LogP contribution in [0.2, 0.25) is 0 Å². The molecule has 1 aliphatic heterocycles. The Morgan fingerprint density at radius 2 is 2.33 bits per heavy atom. The molecule has 0 saturated heterocycles. The summed E-state index contributed by atoms with van der Waals surface area (Å²) in [6.45, 7) is 10.3. The van der Waals surface area contributed by atoms with Gasteiger partial charge in [-0.05, 0) is 12.5 Å². The van der Waals surface area contributed by atoms with Gasteiger partial charge in [0.05, 0.1) is 0 Å². The molecule has 0 fully saturated rings. The zero-order valence-electron chi connectivity index (χ0n) is 8.97. The highest BCUT2D eigenvalue weighted by atomic mass is 16.1. The summed E-state index contributed by atoms with van der Waals surface area (Å²) in [7, 11) is 0. The molecule has 0 aromatic rings. The number of carbonyl (C=O) groups is 1. The number of amides is 1. The van der Waals surface area contributed by atoms with E-state index in [1.54, 1.807) is 6.08 Å². The van der Waals surface area contributed by atoms with Gasteiger partial charge >= 0.3 is 0 Å². The average molecular weight is 204 g/mol. The molecule has 2 N–H and O–H groups in total. The van der Waals surface area contributed by atoms with Crippen molar-refractivity contribution in [2.24, 2.45) is 0 Å². The Morgan fingerprint density at radius 3 is 2.93 bits per heavy atom. The summed E-state index contributed by atoms with van der Waals surface area (Å²) >= 11 is 0. The zero-order chi connectivity index (χ0) is 11.3. The lowest BCUT2D eigenvalue weighted by molar-refractivity contribution is -0.116. The normalized spacial score (nSPS) is 15.8. The Balaban J connectivity index is 2.58. The fourth-order valence-corrected chi connectivity index (χ4v) is 1.28. The Hall–Kier alpha value is -1.77. The second-order valence-corrected chi connectivity index (χ2v) is 3.34. The van der Waals surface area contributed by atoms with Crippen molar-refractivity contribution in [3.63, 3.8) is 0 Å². The van der Waals surface area contributed by atoms with Crippen LogP contribution in [0.4, 0.5) is 0 Å². The monoisotopic (exact) mass is 204 g/mol. The van der Waals surface area contributed by atoms with E-state index in [9.17, 15) is 4.79 Å². The molecule has 0 saturated carbocycles. The topological polar surface area (TPSA) is 41.1 Å². The summed E-state index contributed by atoms with van der Waals surface area (Å²) in [5.41, 5.74) is 2.44. The van der Waals surface area contributed by atoms with Crippen LogP contribution in [0.3, 0.4) is 0 Å². The van der Waals surface area contributed by atoms with Crippen LogP contribution in [0.15, 0.2) is 48.4 Å². The van der Waals surface area contributed by atoms with Gasteiger partial charge in [0.15, 0.2) is 0 Å². The molecule has 0 aromatic heterocycles. The summed E-state index contributed by atoms with van der Waals surface area (Å²) < 4.78 is 0. The van der Waals surface area contributed by atoms with Crippen LogP contribution < -0.4 is 10.6 Å². The summed E-state index contributed by atoms with van der Waals surface area (Å²) in [5.74, 6) is -0.0619. The fourth-order valence-electron chi connectivity index (χ4n) is 1.28. The molecule has 0 aliphatic carbocycles. The van der Waals surface area contributed by atoms with E-state index in [2.05, 4.69) is 23.8 Å². The van der Waals surface area contributed by atoms with E-state index in [-0.39, 0.29) is 5.91 Å². The number of nitrogens with one attached hydrogen (secondary N) is 2. The molecule has 1 aliphatic rings. The van der Waals surface area contributed by atoms with Crippen LogP contribution in [-0.2, 0) is 4.79 Å². The van der Waals surface area contributed by atoms with Crippen molar-refractivity contribution in [3.8, 4) is 0 Å². The maximum atomic E-state index is 11.1. The van der Waals surface area contributed by atoms with E-state index in [1.807, 2.05) is 19.1 Å². The van der Waals surface area contributed by atoms with Crippen LogP contribution in [0.5, 0.6) is 0 Å². The first kappa shape index (κ1) is 11.3. The molecule has 3 heteroatoms. The van der Waals surface area contributed by atoms with Crippen molar-refractivity contribution < 1.29 is 4.79 Å². The highest BCUT2D eigenvalue weighted by Crippen LogP contribution is 2.09. The quantitative estimate of drug-likeness (QED) is 0.683. The molecule has 1 rings (SSSR count). The van der Waals surface area contributed by atoms with Crippen LogP contribution in [0.25, 0.3) is 0 Å². The molecule has 80 valence electrons. The lowest BCUT2D eigenvalue weighted by Crippen LogP contribution is -2.30. The molecular formula is C12H16N2O. The number of carbonyl (C=O) groups excluding carboxylic acids is 1. The number of hydrogen-bond donors (Lipinski definition) is 2. The molecular weight excluding hydrogens is 188 g/mol. The van der Waals surface area contributed by atoms with Gasteiger partial charge in [0.1, 0.15) is 0 Å². The standard InChI is InChI=1S/C12H16N2O/c1-4-5-9(2)10(3)14-11-6-7-13-12(15)8-11/h4-5,8,14H,2-3,6-7H2,1H3,(H,13,15)/b5-4-. The summed E-state index contributed by atoms with van der Waals surface area (Å²) in [4.78, 5) is 11.1. The van der Waals surface area contributed by atoms with E-state index in [0.29, 0.717) is 6.54 Å². The molecule has 3 nitrogen and oxygen atoms in total. The van der Waals surface area contributed by atoms with Gasteiger partial charge in [0, 0.05) is 30.4 Å². The maximum absolute atomic E-state index is 11.1. The summed E-state index contributed by atoms with van der Waals surface area (Å²) in [6.07, 6.45) is 6.13. The second-order valence-electron chi connectivity index (χ2n) is 3.34. The van der Waals surface area contributed by atoms with Crippen LogP contribution in [0.1, 0.15) is 13.3 Å². The predicted molar refractivity (Wildman–Crippen MR) is 61.9 cm³/mol. The van der Waals surface area contributed by atoms with Gasteiger partial charge in [-0.15, -0.1) is 0 Å². The highest BCUT2D eigenvalue weighted by molar-refractivity contribution is 5.89. The SMILES string of the molecule is C=C(/C=C\C)C(=C)NC1=CC(=O)NCC1. The third-order valence-corrected chi connectivity index (χ3v) is 2.07. The molecule has 1 heterocycles. The van der Waals surface area contributed by atoms with Gasteiger partial charge in [-0.1, -0.05) is 25.3 Å². The van der Waals surface area contributed by atoms with E-state index in [0.717, 1.165) is 23.4 Å². The minimum absolute atomic E-state index is 0.0619. The van der Waals surface area contributed by atoms with Crippen molar-refractivity contribution in [2.45, 2.75) is 13.3 Å². The van der Waals surface area contributed by atoms with E-state index >= 15 is 0 Å². The van der Waals surface area contributed by atoms with Crippen molar-refractivity contribution in [1.82, 2.24) is 10.6 Å². The Labute approximate surface area is 90.3 Å². The van der Waals surface area contributed by atoms with Gasteiger partial charge < -0.3 is 10.6 Å². The lowest BCUT2D eigenvalue weighted by atomic mass is 10.1. The first-order valence-electron chi connectivity index (χ1n) is 4.90. The van der Waals surface area contributed by atoms with Crippen molar-refractivity contribution in [3.05, 3.63) is 48.4 Å². The van der Waals surface area contributed by atoms with Crippen LogP contribution >= 0.6 is 0 Å². The molecule has 15 heavy (non-hydrogen) atoms. The van der Waals surface area contributed by atoms with Crippen molar-refractivity contribution in [1.29, 1.82) is 0 Å². The second kappa shape index (κ2) is 5.20. The summed E-state index contributed by atoms with van der Waals surface area (Å²) in [6, 6.07) is 0. The van der Waals surface area contributed by atoms with E-state index in [1.165, 1.54) is 0 Å². The van der Waals surface area contributed by atoms with Crippen LogP contribution in [-0.4, -0.2) is 12.5 Å². The number of rotatable bonds is 4. The molecule has 0 bridgehead atoms. The van der Waals surface area contributed by atoms with Gasteiger partial charge in [-0.2, -0.15) is 0 Å². The van der Waals surface area contributed by atoms with E-state index in [4.69, 9.17) is 0 Å². The third kappa shape index (κ3) is 3.46. The minimum atomic E-state index is -0.0619. The predicted octanol–water partition coefficient (Wildman–Crippen LogP) is 1.63. The molecule has 0 unspecified atom stereocenters. The Bertz CT molecular complexity index is 351. The smallest absolute Gasteiger partial charge is 0.245 e. The Morgan fingerprint density at radius 1 is 1.60 bits per heavy atom. The van der Waals surface area contributed by atoms with Crippen LogP contribution in [0, 0.1) is 0 Å². The summed E-state index contributed by atoms with van der Waals surface area (Å²) in [5, 5.41) is 5.81. The van der Waals surface area contributed by atoms with Gasteiger partial charge in [0.25, 0.3) is 0 Å². The van der Waals surface area contributed by atoms with Gasteiger partial charge in [-0.25, -0.2) is 0 Å². The number of hydrogen-bond acceptors (Lipinski definition) is 2. The lowest BCUT2D eigenvalue weighted by Gasteiger charge is -2.17. The maximum Gasteiger partial charge on any atom is 0.245 e. The van der Waals surface area contributed by atoms with Crippen molar-refractivity contribution >= 4 is 5.91 Å². The van der Waals surface area contributed by atoms with E-state index < -0.39 is 0 Å². The van der Waals surface area contributed by atoms with Crippen molar-refractivity contribution in [2.75, 3.05) is 6.54 Å². The molecule has 1 amide bonds. The fraction of sp³-hybridized carbons (Fsp3) is 0.250. The first-order valence-corrected chi connectivity index (χ1v) is 4.90. The van der Waals surface area contributed by atoms with Gasteiger partial charge in [0.2, 0.25) is 5.91 Å². The molecule has 0 atom stereocenters. The van der Waals surface area contributed by atoms with Gasteiger partial charge in [-0.3, -0.25) is 4.79 Å². The first-order chi connectivity index (χ1) is 7.13. The molecule has 0 radical (unpaired) electrons. The largest absolute Gasteiger partial charge is 0.359 e. The highest BCUT2D eigenvalue weighted by Gasteiger charge is 2.09. The number of allylic oxidation sites excluding steroid dienone is 2. The molecule has 0 spiro atoms. The zero-order valence-corrected chi connectivity index (χ0v) is 8.97. The Kier molecular flexibility index (Phi) is 3.92. The third-order valence-electron chi connectivity index (χ3n) is 2.07. The molecule has 0 aromatic carbocycles.